The number of carbonyl (C=O) groups is 2. The molecule has 3 atom stereocenters. The Kier molecular flexibility index (Phi) is 5.03. The number of rotatable bonds is 4. The fraction of sp³-hybridized carbons (Fsp3) is 0.455. The summed E-state index contributed by atoms with van der Waals surface area (Å²) in [6, 6.07) is 8.31. The van der Waals surface area contributed by atoms with E-state index in [0.717, 1.165) is 22.6 Å². The Hall–Kier alpha value is -2.03. The Bertz CT molecular complexity index is 970. The van der Waals surface area contributed by atoms with Crippen LogP contribution in [-0.4, -0.2) is 50.1 Å². The second-order valence-electron chi connectivity index (χ2n) is 8.35. The molecule has 0 aliphatic carbocycles. The van der Waals surface area contributed by atoms with Crippen molar-refractivity contribution in [2.75, 3.05) is 5.75 Å². The van der Waals surface area contributed by atoms with E-state index in [9.17, 15) is 9.59 Å². The number of hydrazine groups is 1. The number of thioether (sulfide) groups is 1. The molecule has 0 radical (unpaired) electrons. The first-order chi connectivity index (χ1) is 14.4. The number of hydrogen-bond acceptors (Lipinski definition) is 5. The third kappa shape index (κ3) is 3.21. The fourth-order valence-corrected chi connectivity index (χ4v) is 6.99. The largest absolute Gasteiger partial charge is 0.337 e. The summed E-state index contributed by atoms with van der Waals surface area (Å²) in [7, 11) is 0. The Morgan fingerprint density at radius 2 is 1.90 bits per heavy atom. The van der Waals surface area contributed by atoms with Crippen LogP contribution in [0.5, 0.6) is 0 Å². The van der Waals surface area contributed by atoms with Crippen molar-refractivity contribution < 1.29 is 9.59 Å². The van der Waals surface area contributed by atoms with Crippen molar-refractivity contribution in [1.82, 2.24) is 20.2 Å². The van der Waals surface area contributed by atoms with Gasteiger partial charge < -0.3 is 4.90 Å². The predicted octanol–water partition coefficient (Wildman–Crippen LogP) is 3.62. The minimum Gasteiger partial charge on any atom is -0.302 e. The zero-order valence-corrected chi connectivity index (χ0v) is 19.1. The van der Waals surface area contributed by atoms with Gasteiger partial charge >= 0.3 is 6.03 Å². The molecule has 0 spiro atoms. The summed E-state index contributed by atoms with van der Waals surface area (Å²) in [5.74, 6) is 1.06. The van der Waals surface area contributed by atoms with Gasteiger partial charge in [0.15, 0.2) is 6.29 Å². The summed E-state index contributed by atoms with van der Waals surface area (Å²) in [6.45, 7) is 7.31. The first-order valence-corrected chi connectivity index (χ1v) is 12.2. The molecular formula is C22H26N4O2S2. The van der Waals surface area contributed by atoms with Crippen molar-refractivity contribution in [3.05, 3.63) is 56.8 Å². The number of urea groups is 1. The van der Waals surface area contributed by atoms with Crippen LogP contribution in [0.15, 0.2) is 29.6 Å². The Labute approximate surface area is 185 Å². The van der Waals surface area contributed by atoms with Gasteiger partial charge in [-0.2, -0.15) is 5.43 Å². The molecule has 0 saturated carbocycles. The lowest BCUT2D eigenvalue weighted by atomic mass is 10.00. The number of nitrogens with one attached hydrogen (secondary N) is 1. The van der Waals surface area contributed by atoms with Gasteiger partial charge in [-0.25, -0.2) is 4.79 Å². The summed E-state index contributed by atoms with van der Waals surface area (Å²) in [6.07, 6.45) is 0.451. The number of nitrogens with zero attached hydrogens (tertiary/aromatic N) is 3. The molecule has 1 N–H and O–H groups in total. The van der Waals surface area contributed by atoms with E-state index in [2.05, 4.69) is 38.3 Å². The molecule has 6 nitrogen and oxygen atoms in total. The smallest absolute Gasteiger partial charge is 0.302 e. The van der Waals surface area contributed by atoms with E-state index < -0.39 is 6.29 Å². The quantitative estimate of drug-likeness (QED) is 0.786. The maximum Gasteiger partial charge on any atom is 0.337 e. The van der Waals surface area contributed by atoms with Crippen molar-refractivity contribution in [3.63, 3.8) is 0 Å². The molecule has 3 aliphatic heterocycles. The highest BCUT2D eigenvalue weighted by Crippen LogP contribution is 2.40. The Balaban J connectivity index is 1.46. The maximum atomic E-state index is 13.5. The van der Waals surface area contributed by atoms with Gasteiger partial charge in [0.25, 0.3) is 0 Å². The molecule has 1 aromatic carbocycles. The molecule has 3 amide bonds. The third-order valence-corrected chi connectivity index (χ3v) is 8.50. The predicted molar refractivity (Wildman–Crippen MR) is 120 cm³/mol. The first kappa shape index (κ1) is 19.9. The number of hydrogen-bond donors (Lipinski definition) is 1. The van der Waals surface area contributed by atoms with Gasteiger partial charge in [-0.1, -0.05) is 23.8 Å². The van der Waals surface area contributed by atoms with E-state index in [4.69, 9.17) is 0 Å². The van der Waals surface area contributed by atoms with Crippen LogP contribution in [-0.2, 0) is 17.9 Å². The van der Waals surface area contributed by atoms with Gasteiger partial charge in [0, 0.05) is 4.88 Å². The molecule has 30 heavy (non-hydrogen) atoms. The molecule has 3 aliphatic rings. The van der Waals surface area contributed by atoms with E-state index in [-0.39, 0.29) is 23.2 Å². The molecule has 3 fully saturated rings. The molecular weight excluding hydrogens is 416 g/mol. The molecule has 0 bridgehead atoms. The number of fused-ring (bicyclic) bond motifs is 3. The summed E-state index contributed by atoms with van der Waals surface area (Å²) in [4.78, 5) is 31.7. The first-order valence-electron chi connectivity index (χ1n) is 10.3. The van der Waals surface area contributed by atoms with Crippen LogP contribution in [0.4, 0.5) is 4.79 Å². The Morgan fingerprint density at radius 1 is 1.13 bits per heavy atom. The van der Waals surface area contributed by atoms with E-state index in [1.807, 2.05) is 27.3 Å². The highest BCUT2D eigenvalue weighted by Gasteiger charge is 2.55. The van der Waals surface area contributed by atoms with E-state index >= 15 is 0 Å². The molecule has 4 heterocycles. The number of amides is 3. The lowest BCUT2D eigenvalue weighted by Crippen LogP contribution is -2.65. The highest BCUT2D eigenvalue weighted by molar-refractivity contribution is 8.00. The van der Waals surface area contributed by atoms with Crippen molar-refractivity contribution >= 4 is 35.0 Å². The van der Waals surface area contributed by atoms with Crippen LogP contribution >= 0.6 is 23.1 Å². The molecule has 3 unspecified atom stereocenters. The van der Waals surface area contributed by atoms with Gasteiger partial charge in [0.1, 0.15) is 5.25 Å². The monoisotopic (exact) mass is 442 g/mol. The third-order valence-electron chi connectivity index (χ3n) is 6.29. The van der Waals surface area contributed by atoms with Crippen LogP contribution in [0.2, 0.25) is 0 Å². The van der Waals surface area contributed by atoms with Gasteiger partial charge in [-0.3, -0.25) is 14.7 Å². The summed E-state index contributed by atoms with van der Waals surface area (Å²) >= 11 is 3.33. The molecule has 158 valence electrons. The van der Waals surface area contributed by atoms with Gasteiger partial charge in [0.05, 0.1) is 19.1 Å². The minimum atomic E-state index is -0.418. The molecule has 3 saturated heterocycles. The zero-order valence-electron chi connectivity index (χ0n) is 17.4. The number of thiophene rings is 1. The van der Waals surface area contributed by atoms with Gasteiger partial charge in [-0.05, 0) is 61.1 Å². The maximum absolute atomic E-state index is 13.5. The van der Waals surface area contributed by atoms with Gasteiger partial charge in [0.2, 0.25) is 5.91 Å². The number of benzene rings is 1. The number of carbonyl (C=O) groups excluding carboxylic acids is 2. The van der Waals surface area contributed by atoms with Crippen molar-refractivity contribution in [1.29, 1.82) is 0 Å². The van der Waals surface area contributed by atoms with Crippen molar-refractivity contribution in [2.45, 2.75) is 57.9 Å². The Morgan fingerprint density at radius 3 is 2.60 bits per heavy atom. The molecule has 1 aromatic heterocycles. The summed E-state index contributed by atoms with van der Waals surface area (Å²) < 4.78 is 0. The summed E-state index contributed by atoms with van der Waals surface area (Å²) in [5, 5.41) is 3.57. The lowest BCUT2D eigenvalue weighted by Gasteiger charge is -2.44. The van der Waals surface area contributed by atoms with Crippen LogP contribution < -0.4 is 5.43 Å². The van der Waals surface area contributed by atoms with Crippen LogP contribution in [0.3, 0.4) is 0 Å². The average Bonchev–Trinajstić information content (AvgIpc) is 3.42. The number of aryl methyl sites for hydroxylation is 3. The van der Waals surface area contributed by atoms with E-state index in [1.165, 1.54) is 16.7 Å². The van der Waals surface area contributed by atoms with Crippen LogP contribution in [0, 0.1) is 20.8 Å². The minimum absolute atomic E-state index is 0.0273. The summed E-state index contributed by atoms with van der Waals surface area (Å²) in [5.41, 5.74) is 8.14. The van der Waals surface area contributed by atoms with Crippen LogP contribution in [0.1, 0.15) is 33.6 Å². The molecule has 8 heteroatoms. The lowest BCUT2D eigenvalue weighted by molar-refractivity contribution is -0.145. The SMILES string of the molecule is Cc1cc(C)c(CN2NC3N(Cc4cccs4)C(=O)C4SCCC4N3C2=O)c(C)c1. The van der Waals surface area contributed by atoms with Crippen LogP contribution in [0.25, 0.3) is 0 Å². The zero-order chi connectivity index (χ0) is 21.0. The van der Waals surface area contributed by atoms with E-state index in [1.54, 1.807) is 28.1 Å². The second kappa shape index (κ2) is 7.59. The fourth-order valence-electron chi connectivity index (χ4n) is 4.89. The molecule has 2 aromatic rings. The second-order valence-corrected chi connectivity index (χ2v) is 10.6. The van der Waals surface area contributed by atoms with Crippen molar-refractivity contribution in [2.24, 2.45) is 0 Å². The highest BCUT2D eigenvalue weighted by atomic mass is 32.2. The van der Waals surface area contributed by atoms with E-state index in [0.29, 0.717) is 13.1 Å². The average molecular weight is 443 g/mol. The van der Waals surface area contributed by atoms with Crippen molar-refractivity contribution in [3.8, 4) is 0 Å². The normalized spacial score (nSPS) is 25.8. The molecule has 5 rings (SSSR count). The van der Waals surface area contributed by atoms with Gasteiger partial charge in [-0.15, -0.1) is 23.1 Å². The standard InChI is InChI=1S/C22H26N4O2S2/c1-13-9-14(2)17(15(3)10-13)12-25-22(28)26-18-6-8-30-19(18)20(27)24(21(26)23-25)11-16-5-4-7-29-16/h4-5,7,9-10,18-19,21,23H,6,8,11-12H2,1-3H3. The topological polar surface area (TPSA) is 55.9 Å².